The number of carbonyl (C=O) groups is 2. The Bertz CT molecular complexity index is 575. The van der Waals surface area contributed by atoms with Crippen LogP contribution in [0.2, 0.25) is 0 Å². The van der Waals surface area contributed by atoms with Crippen LogP contribution in [-0.4, -0.2) is 24.4 Å². The molecule has 0 spiro atoms. The third-order valence-electron chi connectivity index (χ3n) is 7.97. The number of rotatable bonds is 31. The topological polar surface area (TPSA) is 58.2 Å². The van der Waals surface area contributed by atoms with E-state index in [1.54, 1.807) is 0 Å². The monoisotopic (exact) mass is 563 g/mol. The van der Waals surface area contributed by atoms with Gasteiger partial charge in [-0.3, -0.25) is 9.59 Å². The molecule has 0 rings (SSSR count). The molecule has 1 atom stereocenters. The summed E-state index contributed by atoms with van der Waals surface area (Å²) < 4.78 is 0. The lowest BCUT2D eigenvalue weighted by Crippen LogP contribution is -2.32. The highest BCUT2D eigenvalue weighted by molar-refractivity contribution is 5.76. The van der Waals surface area contributed by atoms with Gasteiger partial charge in [0.2, 0.25) is 11.8 Å². The lowest BCUT2D eigenvalue weighted by Gasteiger charge is -2.14. The zero-order chi connectivity index (χ0) is 29.4. The summed E-state index contributed by atoms with van der Waals surface area (Å²) in [4.78, 5) is 24.2. The molecule has 0 aliphatic heterocycles. The van der Waals surface area contributed by atoms with E-state index in [-0.39, 0.29) is 17.9 Å². The van der Waals surface area contributed by atoms with Crippen molar-refractivity contribution in [3.8, 4) is 0 Å². The van der Waals surface area contributed by atoms with Crippen LogP contribution in [0, 0.1) is 0 Å². The van der Waals surface area contributed by atoms with Crippen LogP contribution in [0.5, 0.6) is 0 Å². The molecule has 0 heterocycles. The molecule has 0 bridgehead atoms. The Kier molecular flexibility index (Phi) is 31.1. The number of amides is 2. The molecule has 0 aliphatic carbocycles. The van der Waals surface area contributed by atoms with Crippen molar-refractivity contribution in [2.45, 2.75) is 200 Å². The predicted octanol–water partition coefficient (Wildman–Crippen LogP) is 10.7. The smallest absolute Gasteiger partial charge is 0.220 e. The zero-order valence-electron chi connectivity index (χ0n) is 27.3. The second-order valence-electron chi connectivity index (χ2n) is 12.2. The van der Waals surface area contributed by atoms with Crippen molar-refractivity contribution >= 4 is 11.8 Å². The van der Waals surface area contributed by atoms with Crippen LogP contribution in [0.3, 0.4) is 0 Å². The average Bonchev–Trinajstić information content (AvgIpc) is 2.94. The number of nitrogens with one attached hydrogen (secondary N) is 2. The molecule has 0 saturated carbocycles. The molecule has 0 saturated heterocycles. The van der Waals surface area contributed by atoms with Gasteiger partial charge in [0, 0.05) is 25.4 Å². The molecule has 0 aliphatic rings. The maximum Gasteiger partial charge on any atom is 0.220 e. The van der Waals surface area contributed by atoms with E-state index in [2.05, 4.69) is 43.6 Å². The van der Waals surface area contributed by atoms with Crippen LogP contribution in [0.25, 0.3) is 0 Å². The Hall–Kier alpha value is -1.32. The molecular formula is C36H70N2O2. The minimum absolute atomic E-state index is 0.193. The van der Waals surface area contributed by atoms with Crippen LogP contribution in [0.1, 0.15) is 194 Å². The lowest BCUT2D eigenvalue weighted by molar-refractivity contribution is -0.122. The van der Waals surface area contributed by atoms with Crippen LogP contribution >= 0.6 is 0 Å². The summed E-state index contributed by atoms with van der Waals surface area (Å²) in [5.41, 5.74) is 0. The first kappa shape index (κ1) is 38.7. The molecule has 0 radical (unpaired) electrons. The number of allylic oxidation sites excluding steroid dienone is 2. The number of hydrogen-bond donors (Lipinski definition) is 2. The van der Waals surface area contributed by atoms with E-state index in [1.165, 1.54) is 122 Å². The van der Waals surface area contributed by atoms with E-state index in [4.69, 9.17) is 0 Å². The molecule has 0 fully saturated rings. The minimum Gasteiger partial charge on any atom is -0.356 e. The van der Waals surface area contributed by atoms with Crippen molar-refractivity contribution < 1.29 is 9.59 Å². The first-order chi connectivity index (χ1) is 19.6. The Labute approximate surface area is 250 Å². The zero-order valence-corrected chi connectivity index (χ0v) is 27.3. The Morgan fingerprint density at radius 3 is 1.52 bits per heavy atom. The summed E-state index contributed by atoms with van der Waals surface area (Å²) in [7, 11) is 0. The van der Waals surface area contributed by atoms with Crippen molar-refractivity contribution in [3.63, 3.8) is 0 Å². The highest BCUT2D eigenvalue weighted by Crippen LogP contribution is 2.13. The Morgan fingerprint density at radius 1 is 0.525 bits per heavy atom. The highest BCUT2D eigenvalue weighted by Gasteiger charge is 2.07. The number of carbonyl (C=O) groups excluding carboxylic acids is 2. The third kappa shape index (κ3) is 31.2. The average molecular weight is 563 g/mol. The van der Waals surface area contributed by atoms with Gasteiger partial charge in [0.1, 0.15) is 0 Å². The van der Waals surface area contributed by atoms with Gasteiger partial charge in [-0.25, -0.2) is 0 Å². The second kappa shape index (κ2) is 32.2. The molecule has 40 heavy (non-hydrogen) atoms. The summed E-state index contributed by atoms with van der Waals surface area (Å²) in [6, 6.07) is 0.219. The summed E-state index contributed by atoms with van der Waals surface area (Å²) >= 11 is 0. The molecule has 0 aromatic heterocycles. The summed E-state index contributed by atoms with van der Waals surface area (Å²) in [6.45, 7) is 7.37. The maximum absolute atomic E-state index is 12.2. The first-order valence-corrected chi connectivity index (χ1v) is 17.8. The van der Waals surface area contributed by atoms with E-state index >= 15 is 0 Å². The van der Waals surface area contributed by atoms with Gasteiger partial charge in [0.15, 0.2) is 0 Å². The molecule has 0 aromatic rings. The molecule has 236 valence electrons. The van der Waals surface area contributed by atoms with Crippen molar-refractivity contribution in [2.24, 2.45) is 0 Å². The fraction of sp³-hybridized carbons (Fsp3) is 0.889. The van der Waals surface area contributed by atoms with Crippen molar-refractivity contribution in [2.75, 3.05) is 6.54 Å². The number of unbranched alkanes of at least 4 members (excludes halogenated alkanes) is 20. The van der Waals surface area contributed by atoms with Crippen LogP contribution in [0.15, 0.2) is 12.2 Å². The maximum atomic E-state index is 12.2. The fourth-order valence-electron chi connectivity index (χ4n) is 5.25. The summed E-state index contributed by atoms with van der Waals surface area (Å²) in [5.74, 6) is 0.394. The fourth-order valence-corrected chi connectivity index (χ4v) is 5.25. The normalized spacial score (nSPS) is 12.2. The molecule has 2 amide bonds. The predicted molar refractivity (Wildman–Crippen MR) is 176 cm³/mol. The minimum atomic E-state index is 0.193. The van der Waals surface area contributed by atoms with Crippen LogP contribution < -0.4 is 10.6 Å². The second-order valence-corrected chi connectivity index (χ2v) is 12.2. The molecule has 4 nitrogen and oxygen atoms in total. The van der Waals surface area contributed by atoms with E-state index in [0.29, 0.717) is 12.8 Å². The van der Waals surface area contributed by atoms with Gasteiger partial charge < -0.3 is 10.6 Å². The van der Waals surface area contributed by atoms with Gasteiger partial charge >= 0.3 is 0 Å². The first-order valence-electron chi connectivity index (χ1n) is 17.8. The highest BCUT2D eigenvalue weighted by atomic mass is 16.2. The molecular weight excluding hydrogens is 492 g/mol. The van der Waals surface area contributed by atoms with E-state index in [9.17, 15) is 9.59 Å². The van der Waals surface area contributed by atoms with Crippen molar-refractivity contribution in [1.29, 1.82) is 0 Å². The van der Waals surface area contributed by atoms with Gasteiger partial charge in [-0.15, -0.1) is 0 Å². The summed E-state index contributed by atoms with van der Waals surface area (Å²) in [5, 5.41) is 6.22. The third-order valence-corrected chi connectivity index (χ3v) is 7.97. The van der Waals surface area contributed by atoms with Crippen LogP contribution in [-0.2, 0) is 9.59 Å². The largest absolute Gasteiger partial charge is 0.356 e. The molecule has 0 unspecified atom stereocenters. The van der Waals surface area contributed by atoms with Gasteiger partial charge in [-0.2, -0.15) is 0 Å². The Morgan fingerprint density at radius 2 is 0.975 bits per heavy atom. The molecule has 4 heteroatoms. The van der Waals surface area contributed by atoms with Gasteiger partial charge in [-0.1, -0.05) is 135 Å². The Balaban J connectivity index is 3.41. The van der Waals surface area contributed by atoms with Crippen LogP contribution in [0.4, 0.5) is 0 Å². The molecule has 2 N–H and O–H groups in total. The van der Waals surface area contributed by atoms with Gasteiger partial charge in [0.25, 0.3) is 0 Å². The SMILES string of the molecule is CCCC/C=C\CCCCCCCC(=O)NCCCC[C@@H](C)NC(=O)CCCCCCCCCCCCCCC. The quantitative estimate of drug-likeness (QED) is 0.0652. The summed E-state index contributed by atoms with van der Waals surface area (Å²) in [6.07, 6.45) is 37.2. The van der Waals surface area contributed by atoms with E-state index in [1.807, 2.05) is 0 Å². The lowest BCUT2D eigenvalue weighted by atomic mass is 10.0. The van der Waals surface area contributed by atoms with Crippen molar-refractivity contribution in [3.05, 3.63) is 12.2 Å². The van der Waals surface area contributed by atoms with Gasteiger partial charge in [0.05, 0.1) is 0 Å². The number of hydrogen-bond acceptors (Lipinski definition) is 2. The van der Waals surface area contributed by atoms with Gasteiger partial charge in [-0.05, 0) is 58.3 Å². The van der Waals surface area contributed by atoms with Crippen molar-refractivity contribution in [1.82, 2.24) is 10.6 Å². The standard InChI is InChI=1S/C36H70N2O2/c1-4-6-8-10-12-14-16-17-19-21-23-25-27-32-36(40)38-34(3)30-28-29-33-37-35(39)31-26-24-22-20-18-15-13-11-9-7-5-2/h11,13,34H,4-10,12,14-33H2,1-3H3,(H,37,39)(H,38,40)/b13-11-/t34-/m1/s1. The van der Waals surface area contributed by atoms with E-state index in [0.717, 1.165) is 45.1 Å². The molecule has 0 aromatic carbocycles. The van der Waals surface area contributed by atoms with E-state index < -0.39 is 0 Å².